The summed E-state index contributed by atoms with van der Waals surface area (Å²) in [6, 6.07) is 0. The quantitative estimate of drug-likeness (QED) is 0.774. The number of aryl methyl sites for hydroxylation is 1. The zero-order valence-corrected chi connectivity index (χ0v) is 8.10. The molecule has 0 atom stereocenters. The summed E-state index contributed by atoms with van der Waals surface area (Å²) < 4.78 is 1.66. The summed E-state index contributed by atoms with van der Waals surface area (Å²) in [5, 5.41) is 4.17. The van der Waals surface area contributed by atoms with E-state index in [0.717, 1.165) is 0 Å². The fourth-order valence-electron chi connectivity index (χ4n) is 1.21. The van der Waals surface area contributed by atoms with E-state index in [1.165, 1.54) is 11.1 Å². The van der Waals surface area contributed by atoms with Gasteiger partial charge in [-0.05, 0) is 28.8 Å². The summed E-state index contributed by atoms with van der Waals surface area (Å²) in [7, 11) is 0. The highest BCUT2D eigenvalue weighted by Crippen LogP contribution is 2.13. The molecule has 3 nitrogen and oxygen atoms in total. The van der Waals surface area contributed by atoms with Crippen molar-refractivity contribution in [2.45, 2.75) is 13.5 Å². The number of H-pyrrole nitrogens is 1. The molecule has 0 aliphatic heterocycles. The highest BCUT2D eigenvalue weighted by Gasteiger charge is 2.01. The minimum absolute atomic E-state index is 0.0504. The Balaban J connectivity index is 2.29. The number of imidazole rings is 1. The number of rotatable bonds is 2. The SMILES string of the molecule is Cc1cscc1Cn1cc[nH]c1=O. The number of hydrogen-bond donors (Lipinski definition) is 1. The molecule has 2 rings (SSSR count). The number of hydrogen-bond acceptors (Lipinski definition) is 2. The van der Waals surface area contributed by atoms with Crippen molar-refractivity contribution in [1.82, 2.24) is 9.55 Å². The molecule has 68 valence electrons. The highest BCUT2D eigenvalue weighted by molar-refractivity contribution is 7.08. The minimum atomic E-state index is -0.0504. The Labute approximate surface area is 79.7 Å². The molecule has 0 aliphatic rings. The van der Waals surface area contributed by atoms with Gasteiger partial charge in [0, 0.05) is 12.4 Å². The summed E-state index contributed by atoms with van der Waals surface area (Å²) in [5.41, 5.74) is 2.41. The van der Waals surface area contributed by atoms with Gasteiger partial charge in [-0.15, -0.1) is 0 Å². The molecule has 4 heteroatoms. The zero-order valence-electron chi connectivity index (χ0n) is 7.28. The standard InChI is InChI=1S/C9H10N2OS/c1-7-5-13-6-8(7)4-11-3-2-10-9(11)12/h2-3,5-6H,4H2,1H3,(H,10,12). The second-order valence-corrected chi connectivity index (χ2v) is 3.72. The normalized spacial score (nSPS) is 10.5. The molecule has 0 radical (unpaired) electrons. The predicted octanol–water partition coefficient (Wildman–Crippen LogP) is 1.59. The van der Waals surface area contributed by atoms with Gasteiger partial charge >= 0.3 is 5.69 Å². The summed E-state index contributed by atoms with van der Waals surface area (Å²) in [6.45, 7) is 2.72. The third-order valence-corrected chi connectivity index (χ3v) is 2.93. The molecule has 0 spiro atoms. The van der Waals surface area contributed by atoms with Crippen LogP contribution in [0.25, 0.3) is 0 Å². The molecule has 0 unspecified atom stereocenters. The first-order valence-electron chi connectivity index (χ1n) is 4.03. The fraction of sp³-hybridized carbons (Fsp3) is 0.222. The van der Waals surface area contributed by atoms with E-state index in [1.54, 1.807) is 28.3 Å². The Bertz CT molecular complexity index is 452. The Kier molecular flexibility index (Phi) is 2.06. The molecular weight excluding hydrogens is 184 g/mol. The second kappa shape index (κ2) is 3.22. The molecule has 2 aromatic rings. The van der Waals surface area contributed by atoms with Crippen molar-refractivity contribution >= 4 is 11.3 Å². The smallest absolute Gasteiger partial charge is 0.313 e. The van der Waals surface area contributed by atoms with Gasteiger partial charge in [-0.1, -0.05) is 0 Å². The Hall–Kier alpha value is -1.29. The number of thiophene rings is 1. The molecule has 0 saturated heterocycles. The monoisotopic (exact) mass is 194 g/mol. The molecular formula is C9H10N2OS. The molecule has 0 aromatic carbocycles. The largest absolute Gasteiger partial charge is 0.325 e. The summed E-state index contributed by atoms with van der Waals surface area (Å²) in [6.07, 6.45) is 3.42. The molecule has 0 fully saturated rings. The summed E-state index contributed by atoms with van der Waals surface area (Å²) >= 11 is 1.67. The molecule has 1 N–H and O–H groups in total. The lowest BCUT2D eigenvalue weighted by molar-refractivity contribution is 0.760. The van der Waals surface area contributed by atoms with E-state index in [2.05, 4.69) is 22.7 Å². The van der Waals surface area contributed by atoms with Gasteiger partial charge in [0.1, 0.15) is 0 Å². The maximum absolute atomic E-state index is 11.2. The average Bonchev–Trinajstić information content (AvgIpc) is 2.65. The molecule has 2 heterocycles. The van der Waals surface area contributed by atoms with Gasteiger partial charge in [0.25, 0.3) is 0 Å². The first-order chi connectivity index (χ1) is 6.27. The van der Waals surface area contributed by atoms with E-state index in [-0.39, 0.29) is 5.69 Å². The van der Waals surface area contributed by atoms with Crippen LogP contribution in [-0.2, 0) is 6.54 Å². The molecule has 0 bridgehead atoms. The Morgan fingerprint density at radius 1 is 1.54 bits per heavy atom. The van der Waals surface area contributed by atoms with Crippen LogP contribution in [0.15, 0.2) is 27.9 Å². The van der Waals surface area contributed by atoms with Crippen LogP contribution in [0.4, 0.5) is 0 Å². The van der Waals surface area contributed by atoms with E-state index < -0.39 is 0 Å². The molecule has 0 aliphatic carbocycles. The van der Waals surface area contributed by atoms with Gasteiger partial charge in [0.2, 0.25) is 0 Å². The third kappa shape index (κ3) is 1.58. The molecule has 2 aromatic heterocycles. The summed E-state index contributed by atoms with van der Waals surface area (Å²) in [5.74, 6) is 0. The van der Waals surface area contributed by atoms with Crippen LogP contribution in [0.3, 0.4) is 0 Å². The lowest BCUT2D eigenvalue weighted by atomic mass is 10.2. The number of aromatic amines is 1. The fourth-order valence-corrected chi connectivity index (χ4v) is 2.05. The van der Waals surface area contributed by atoms with E-state index in [0.29, 0.717) is 6.54 Å². The van der Waals surface area contributed by atoms with Gasteiger partial charge < -0.3 is 4.98 Å². The first-order valence-corrected chi connectivity index (χ1v) is 4.97. The Morgan fingerprint density at radius 3 is 2.92 bits per heavy atom. The number of nitrogens with zero attached hydrogens (tertiary/aromatic N) is 1. The minimum Gasteiger partial charge on any atom is -0.313 e. The number of aromatic nitrogens is 2. The molecule has 13 heavy (non-hydrogen) atoms. The lowest BCUT2D eigenvalue weighted by Gasteiger charge is -1.99. The predicted molar refractivity (Wildman–Crippen MR) is 53.2 cm³/mol. The van der Waals surface area contributed by atoms with Crippen LogP contribution in [0.2, 0.25) is 0 Å². The van der Waals surface area contributed by atoms with E-state index in [1.807, 2.05) is 0 Å². The van der Waals surface area contributed by atoms with Crippen molar-refractivity contribution in [2.24, 2.45) is 0 Å². The van der Waals surface area contributed by atoms with E-state index in [9.17, 15) is 4.79 Å². The zero-order chi connectivity index (χ0) is 9.26. The van der Waals surface area contributed by atoms with Gasteiger partial charge in [0.05, 0.1) is 6.54 Å². The van der Waals surface area contributed by atoms with Crippen molar-refractivity contribution in [3.8, 4) is 0 Å². The van der Waals surface area contributed by atoms with Crippen molar-refractivity contribution in [3.63, 3.8) is 0 Å². The molecule has 0 saturated carbocycles. The van der Waals surface area contributed by atoms with Gasteiger partial charge in [-0.25, -0.2) is 4.79 Å². The van der Waals surface area contributed by atoms with Crippen LogP contribution < -0.4 is 5.69 Å². The van der Waals surface area contributed by atoms with Crippen LogP contribution in [-0.4, -0.2) is 9.55 Å². The maximum atomic E-state index is 11.2. The molecule has 0 amide bonds. The van der Waals surface area contributed by atoms with Crippen LogP contribution in [0.5, 0.6) is 0 Å². The van der Waals surface area contributed by atoms with Crippen molar-refractivity contribution in [3.05, 3.63) is 44.8 Å². The van der Waals surface area contributed by atoms with Gasteiger partial charge in [-0.3, -0.25) is 4.57 Å². The van der Waals surface area contributed by atoms with Crippen LogP contribution in [0, 0.1) is 6.92 Å². The van der Waals surface area contributed by atoms with Crippen molar-refractivity contribution in [1.29, 1.82) is 0 Å². The number of nitrogens with one attached hydrogen (secondary N) is 1. The lowest BCUT2D eigenvalue weighted by Crippen LogP contribution is -2.16. The highest BCUT2D eigenvalue weighted by atomic mass is 32.1. The summed E-state index contributed by atoms with van der Waals surface area (Å²) in [4.78, 5) is 13.8. The van der Waals surface area contributed by atoms with E-state index in [4.69, 9.17) is 0 Å². The second-order valence-electron chi connectivity index (χ2n) is 2.97. The van der Waals surface area contributed by atoms with E-state index >= 15 is 0 Å². The van der Waals surface area contributed by atoms with Gasteiger partial charge in [-0.2, -0.15) is 11.3 Å². The first kappa shape index (κ1) is 8.31. The maximum Gasteiger partial charge on any atom is 0.325 e. The van der Waals surface area contributed by atoms with Crippen molar-refractivity contribution in [2.75, 3.05) is 0 Å². The van der Waals surface area contributed by atoms with Crippen molar-refractivity contribution < 1.29 is 0 Å². The topological polar surface area (TPSA) is 37.8 Å². The third-order valence-electron chi connectivity index (χ3n) is 2.02. The van der Waals surface area contributed by atoms with Gasteiger partial charge in [0.15, 0.2) is 0 Å². The Morgan fingerprint density at radius 2 is 2.38 bits per heavy atom. The van der Waals surface area contributed by atoms with Crippen LogP contribution in [0.1, 0.15) is 11.1 Å². The van der Waals surface area contributed by atoms with Crippen LogP contribution >= 0.6 is 11.3 Å². The average molecular weight is 194 g/mol.